The Morgan fingerprint density at radius 1 is 1.05 bits per heavy atom. The van der Waals surface area contributed by atoms with E-state index in [-0.39, 0.29) is 23.4 Å². The van der Waals surface area contributed by atoms with E-state index in [4.69, 9.17) is 26.2 Å². The van der Waals surface area contributed by atoms with Crippen molar-refractivity contribution in [3.63, 3.8) is 0 Å². The molecule has 0 aliphatic carbocycles. The lowest BCUT2D eigenvalue weighted by Gasteiger charge is -2.27. The Bertz CT molecular complexity index is 1450. The van der Waals surface area contributed by atoms with Crippen molar-refractivity contribution in [1.82, 2.24) is 5.32 Å². The maximum Gasteiger partial charge on any atom is 0.335 e. The molecule has 1 saturated heterocycles. The number of nitrogens with one attached hydrogen (secondary N) is 1. The number of carbonyl (C=O) groups is 4. The Kier molecular flexibility index (Phi) is 7.26. The molecule has 3 aromatic rings. The Morgan fingerprint density at radius 3 is 2.46 bits per heavy atom. The van der Waals surface area contributed by atoms with E-state index < -0.39 is 23.8 Å². The van der Waals surface area contributed by atoms with Gasteiger partial charge >= 0.3 is 12.0 Å². The Labute approximate surface area is 216 Å². The summed E-state index contributed by atoms with van der Waals surface area (Å²) >= 11 is 6.16. The van der Waals surface area contributed by atoms with Crippen molar-refractivity contribution in [2.75, 3.05) is 12.0 Å². The van der Waals surface area contributed by atoms with Crippen LogP contribution in [0, 0.1) is 6.92 Å². The maximum atomic E-state index is 13.2. The van der Waals surface area contributed by atoms with Gasteiger partial charge in [0.25, 0.3) is 11.8 Å². The summed E-state index contributed by atoms with van der Waals surface area (Å²) in [4.78, 5) is 50.1. The van der Waals surface area contributed by atoms with E-state index in [2.05, 4.69) is 5.32 Å². The van der Waals surface area contributed by atoms with Crippen molar-refractivity contribution >= 4 is 47.2 Å². The molecular weight excluding hydrogens is 500 g/mol. The van der Waals surface area contributed by atoms with Crippen LogP contribution in [0.3, 0.4) is 0 Å². The van der Waals surface area contributed by atoms with Gasteiger partial charge in [-0.2, -0.15) is 0 Å². The van der Waals surface area contributed by atoms with Crippen LogP contribution in [0.25, 0.3) is 6.08 Å². The average molecular weight is 521 g/mol. The number of amides is 4. The molecule has 0 spiro atoms. The molecule has 2 N–H and O–H groups in total. The standard InChI is InChI=1S/C27H21ClN2O7/c1-15-20(28)4-3-5-21(15)30-25(32)19(24(31)29-27(30)35)12-17-8-11-22(23(13-17)36-2)37-14-16-6-9-18(10-7-16)26(33)34/h3-13H,14H2,1-2H3,(H,33,34)(H,29,31,35)/b19-12+. The van der Waals surface area contributed by atoms with E-state index in [0.29, 0.717) is 27.6 Å². The molecule has 0 atom stereocenters. The fourth-order valence-corrected chi connectivity index (χ4v) is 3.85. The second kappa shape index (κ2) is 10.5. The second-order valence-electron chi connectivity index (χ2n) is 8.04. The van der Waals surface area contributed by atoms with Crippen LogP contribution in [0.5, 0.6) is 11.5 Å². The average Bonchev–Trinajstić information content (AvgIpc) is 2.88. The number of imide groups is 2. The molecule has 9 nitrogen and oxygen atoms in total. The summed E-state index contributed by atoms with van der Waals surface area (Å²) in [7, 11) is 1.45. The van der Waals surface area contributed by atoms with Gasteiger partial charge in [0, 0.05) is 5.02 Å². The molecule has 0 unspecified atom stereocenters. The van der Waals surface area contributed by atoms with Crippen LogP contribution in [0.15, 0.2) is 66.2 Å². The summed E-state index contributed by atoms with van der Waals surface area (Å²) in [5.74, 6) is -1.88. The van der Waals surface area contributed by atoms with E-state index in [9.17, 15) is 19.2 Å². The number of halogens is 1. The largest absolute Gasteiger partial charge is 0.493 e. The predicted octanol–water partition coefficient (Wildman–Crippen LogP) is 4.60. The molecule has 188 valence electrons. The number of carboxylic acid groups (broad SMARTS) is 1. The molecule has 10 heteroatoms. The van der Waals surface area contributed by atoms with Gasteiger partial charge in [-0.3, -0.25) is 14.9 Å². The third-order valence-electron chi connectivity index (χ3n) is 5.68. The number of ether oxygens (including phenoxy) is 2. The second-order valence-corrected chi connectivity index (χ2v) is 8.45. The third kappa shape index (κ3) is 5.31. The molecule has 1 aliphatic rings. The molecule has 3 aromatic carbocycles. The van der Waals surface area contributed by atoms with Gasteiger partial charge in [-0.15, -0.1) is 0 Å². The lowest BCUT2D eigenvalue weighted by molar-refractivity contribution is -0.122. The van der Waals surface area contributed by atoms with Crippen LogP contribution in [0.2, 0.25) is 5.02 Å². The van der Waals surface area contributed by atoms with Gasteiger partial charge in [-0.05, 0) is 66.1 Å². The first kappa shape index (κ1) is 25.5. The minimum absolute atomic E-state index is 0.160. The first-order valence-corrected chi connectivity index (χ1v) is 11.4. The number of barbiturate groups is 1. The highest BCUT2D eigenvalue weighted by atomic mass is 35.5. The van der Waals surface area contributed by atoms with Crippen LogP contribution < -0.4 is 19.7 Å². The first-order valence-electron chi connectivity index (χ1n) is 11.0. The molecule has 0 radical (unpaired) electrons. The van der Waals surface area contributed by atoms with Gasteiger partial charge in [-0.25, -0.2) is 14.5 Å². The fourth-order valence-electron chi connectivity index (χ4n) is 3.68. The zero-order valence-corrected chi connectivity index (χ0v) is 20.5. The third-order valence-corrected chi connectivity index (χ3v) is 6.09. The Hall–Kier alpha value is -4.63. The summed E-state index contributed by atoms with van der Waals surface area (Å²) in [5, 5.41) is 11.6. The topological polar surface area (TPSA) is 122 Å². The molecular formula is C27H21ClN2O7. The molecule has 0 saturated carbocycles. The minimum Gasteiger partial charge on any atom is -0.493 e. The molecule has 0 bridgehead atoms. The SMILES string of the molecule is COc1cc(/C=C2\C(=O)NC(=O)N(c3cccc(Cl)c3C)C2=O)ccc1OCc1ccc(C(=O)O)cc1. The number of benzene rings is 3. The van der Waals surface area contributed by atoms with Crippen molar-refractivity contribution in [3.05, 3.63) is 93.5 Å². The maximum absolute atomic E-state index is 13.2. The van der Waals surface area contributed by atoms with Crippen LogP contribution in [-0.2, 0) is 16.2 Å². The van der Waals surface area contributed by atoms with E-state index in [1.807, 2.05) is 0 Å². The van der Waals surface area contributed by atoms with Gasteiger partial charge < -0.3 is 14.6 Å². The summed E-state index contributed by atoms with van der Waals surface area (Å²) in [6.07, 6.45) is 1.36. The van der Waals surface area contributed by atoms with Crippen molar-refractivity contribution < 1.29 is 33.8 Å². The smallest absolute Gasteiger partial charge is 0.335 e. The number of nitrogens with zero attached hydrogens (tertiary/aromatic N) is 1. The Morgan fingerprint density at radius 2 is 1.78 bits per heavy atom. The molecule has 4 rings (SSSR count). The number of hydrogen-bond acceptors (Lipinski definition) is 6. The van der Waals surface area contributed by atoms with E-state index in [1.165, 1.54) is 25.3 Å². The van der Waals surface area contributed by atoms with Crippen LogP contribution in [0.4, 0.5) is 10.5 Å². The Balaban J connectivity index is 1.58. The van der Waals surface area contributed by atoms with Crippen LogP contribution in [-0.4, -0.2) is 36.0 Å². The summed E-state index contributed by atoms with van der Waals surface area (Å²) in [6, 6.07) is 15.0. The predicted molar refractivity (Wildman–Crippen MR) is 136 cm³/mol. The van der Waals surface area contributed by atoms with E-state index >= 15 is 0 Å². The highest BCUT2D eigenvalue weighted by Crippen LogP contribution is 2.32. The quantitative estimate of drug-likeness (QED) is 0.345. The van der Waals surface area contributed by atoms with Gasteiger partial charge in [-0.1, -0.05) is 35.9 Å². The number of carboxylic acids is 1. The lowest BCUT2D eigenvalue weighted by Crippen LogP contribution is -2.54. The molecule has 37 heavy (non-hydrogen) atoms. The molecule has 1 heterocycles. The normalized spacial score (nSPS) is 14.5. The monoisotopic (exact) mass is 520 g/mol. The highest BCUT2D eigenvalue weighted by Gasteiger charge is 2.37. The van der Waals surface area contributed by atoms with E-state index in [1.54, 1.807) is 55.5 Å². The first-order chi connectivity index (χ1) is 17.7. The van der Waals surface area contributed by atoms with Gasteiger partial charge in [0.2, 0.25) is 0 Å². The zero-order chi connectivity index (χ0) is 26.7. The van der Waals surface area contributed by atoms with Crippen molar-refractivity contribution in [2.45, 2.75) is 13.5 Å². The number of rotatable bonds is 7. The number of aromatic carboxylic acids is 1. The minimum atomic E-state index is -1.01. The number of urea groups is 1. The number of carbonyl (C=O) groups excluding carboxylic acids is 3. The van der Waals surface area contributed by atoms with Crippen LogP contribution >= 0.6 is 11.6 Å². The van der Waals surface area contributed by atoms with Crippen molar-refractivity contribution in [2.24, 2.45) is 0 Å². The number of anilines is 1. The number of hydrogen-bond donors (Lipinski definition) is 2. The summed E-state index contributed by atoms with van der Waals surface area (Å²) < 4.78 is 11.2. The van der Waals surface area contributed by atoms with E-state index in [0.717, 1.165) is 10.5 Å². The number of methoxy groups -OCH3 is 1. The van der Waals surface area contributed by atoms with Crippen molar-refractivity contribution in [1.29, 1.82) is 0 Å². The lowest BCUT2D eigenvalue weighted by atomic mass is 10.1. The molecule has 0 aromatic heterocycles. The van der Waals surface area contributed by atoms with Gasteiger partial charge in [0.1, 0.15) is 12.2 Å². The summed E-state index contributed by atoms with van der Waals surface area (Å²) in [5.41, 5.74) is 1.93. The van der Waals surface area contributed by atoms with Gasteiger partial charge in [0.15, 0.2) is 11.5 Å². The zero-order valence-electron chi connectivity index (χ0n) is 19.8. The molecule has 1 aliphatic heterocycles. The summed E-state index contributed by atoms with van der Waals surface area (Å²) in [6.45, 7) is 1.83. The van der Waals surface area contributed by atoms with Crippen molar-refractivity contribution in [3.8, 4) is 11.5 Å². The fraction of sp³-hybridized carbons (Fsp3) is 0.111. The molecule has 4 amide bonds. The molecule has 1 fully saturated rings. The van der Waals surface area contributed by atoms with Crippen LogP contribution in [0.1, 0.15) is 27.0 Å². The van der Waals surface area contributed by atoms with Gasteiger partial charge in [0.05, 0.1) is 18.4 Å². The highest BCUT2D eigenvalue weighted by molar-refractivity contribution is 6.40.